The van der Waals surface area contributed by atoms with E-state index in [9.17, 15) is 4.39 Å². The van der Waals surface area contributed by atoms with Crippen molar-refractivity contribution in [2.45, 2.75) is 48.0 Å². The summed E-state index contributed by atoms with van der Waals surface area (Å²) in [6.07, 6.45) is 2.83. The molecule has 5 nitrogen and oxygen atoms in total. The highest BCUT2D eigenvalue weighted by molar-refractivity contribution is 6.09. The van der Waals surface area contributed by atoms with Crippen LogP contribution in [0.15, 0.2) is 128 Å². The van der Waals surface area contributed by atoms with E-state index in [4.69, 9.17) is 9.72 Å². The first kappa shape index (κ1) is 34.4. The summed E-state index contributed by atoms with van der Waals surface area (Å²) < 4.78 is 23.7. The Bertz CT molecular complexity index is 2770. The van der Waals surface area contributed by atoms with Crippen LogP contribution < -0.4 is 14.5 Å². The van der Waals surface area contributed by atoms with Crippen LogP contribution in [0.1, 0.15) is 40.3 Å². The van der Waals surface area contributed by atoms with Gasteiger partial charge in [-0.15, -0.1) is 0 Å². The molecule has 3 heterocycles. The molecule has 0 bridgehead atoms. The smallest absolute Gasteiger partial charge is 0.137 e. The summed E-state index contributed by atoms with van der Waals surface area (Å²) in [6, 6.07) is 40.8. The molecule has 2 aromatic heterocycles. The maximum absolute atomic E-state index is 14.5. The van der Waals surface area contributed by atoms with E-state index in [0.29, 0.717) is 6.67 Å². The SMILES string of the molecule is CCc1ccnc(-n2c3ccccc3c3ccc(Oc4cc(-c5c(C)c(C)c(C)c(C)c5C)cc(N5CN(c6cccc(F)c6)c6ccccc65)c4)cc32)c1. The molecule has 55 heavy (non-hydrogen) atoms. The van der Waals surface area contributed by atoms with Crippen LogP contribution in [0.25, 0.3) is 38.8 Å². The lowest BCUT2D eigenvalue weighted by Gasteiger charge is -2.25. The van der Waals surface area contributed by atoms with Gasteiger partial charge in [-0.25, -0.2) is 9.37 Å². The van der Waals surface area contributed by atoms with Crippen LogP contribution in [-0.2, 0) is 6.42 Å². The molecule has 0 amide bonds. The van der Waals surface area contributed by atoms with E-state index < -0.39 is 0 Å². The lowest BCUT2D eigenvalue weighted by molar-refractivity contribution is 0.483. The van der Waals surface area contributed by atoms with E-state index in [2.05, 4.69) is 147 Å². The number of hydrogen-bond acceptors (Lipinski definition) is 4. The highest BCUT2D eigenvalue weighted by Gasteiger charge is 2.29. The monoisotopic (exact) mass is 722 g/mol. The number of pyridine rings is 1. The summed E-state index contributed by atoms with van der Waals surface area (Å²) in [7, 11) is 0. The van der Waals surface area contributed by atoms with Crippen molar-refractivity contribution in [2.24, 2.45) is 0 Å². The molecule has 272 valence electrons. The fourth-order valence-corrected chi connectivity index (χ4v) is 8.37. The topological polar surface area (TPSA) is 33.5 Å². The second kappa shape index (κ2) is 13.5. The van der Waals surface area contributed by atoms with Gasteiger partial charge in [0.25, 0.3) is 0 Å². The molecule has 0 aliphatic carbocycles. The molecule has 8 aromatic rings. The third-order valence-electron chi connectivity index (χ3n) is 11.7. The van der Waals surface area contributed by atoms with E-state index in [0.717, 1.165) is 68.5 Å². The molecule has 1 aliphatic rings. The molecular formula is C49H43FN4O. The minimum atomic E-state index is -0.257. The van der Waals surface area contributed by atoms with Crippen LogP contribution in [0.5, 0.6) is 11.5 Å². The highest BCUT2D eigenvalue weighted by atomic mass is 19.1. The van der Waals surface area contributed by atoms with Crippen molar-refractivity contribution in [2.75, 3.05) is 16.5 Å². The molecule has 1 aliphatic heterocycles. The number of nitrogens with zero attached hydrogens (tertiary/aromatic N) is 4. The lowest BCUT2D eigenvalue weighted by Crippen LogP contribution is -2.24. The number of hydrogen-bond donors (Lipinski definition) is 0. The van der Waals surface area contributed by atoms with Crippen LogP contribution in [0, 0.1) is 40.4 Å². The van der Waals surface area contributed by atoms with E-state index in [1.54, 1.807) is 12.1 Å². The van der Waals surface area contributed by atoms with Gasteiger partial charge in [0.15, 0.2) is 0 Å². The van der Waals surface area contributed by atoms with Crippen molar-refractivity contribution in [3.8, 4) is 28.4 Å². The molecule has 0 radical (unpaired) electrons. The minimum absolute atomic E-state index is 0.257. The van der Waals surface area contributed by atoms with E-state index in [-0.39, 0.29) is 5.82 Å². The van der Waals surface area contributed by atoms with Gasteiger partial charge in [-0.05, 0) is 158 Å². The zero-order valence-corrected chi connectivity index (χ0v) is 32.1. The van der Waals surface area contributed by atoms with Gasteiger partial charge >= 0.3 is 0 Å². The van der Waals surface area contributed by atoms with Gasteiger partial charge in [0.1, 0.15) is 29.8 Å². The summed E-state index contributed by atoms with van der Waals surface area (Å²) in [5, 5.41) is 2.31. The number of aromatic nitrogens is 2. The predicted molar refractivity (Wildman–Crippen MR) is 226 cm³/mol. The maximum atomic E-state index is 14.5. The van der Waals surface area contributed by atoms with Crippen molar-refractivity contribution in [3.05, 3.63) is 167 Å². The van der Waals surface area contributed by atoms with Crippen LogP contribution in [0.3, 0.4) is 0 Å². The molecule has 6 heteroatoms. The summed E-state index contributed by atoms with van der Waals surface area (Å²) in [4.78, 5) is 9.28. The average molecular weight is 723 g/mol. The summed E-state index contributed by atoms with van der Waals surface area (Å²) in [5.41, 5.74) is 16.0. The number of fused-ring (bicyclic) bond motifs is 4. The molecule has 0 spiro atoms. The summed E-state index contributed by atoms with van der Waals surface area (Å²) >= 11 is 0. The third-order valence-corrected chi connectivity index (χ3v) is 11.7. The van der Waals surface area contributed by atoms with Crippen LogP contribution in [0.2, 0.25) is 0 Å². The van der Waals surface area contributed by atoms with Crippen LogP contribution in [0.4, 0.5) is 27.1 Å². The van der Waals surface area contributed by atoms with Gasteiger partial charge in [0.2, 0.25) is 0 Å². The number of anilines is 4. The summed E-state index contributed by atoms with van der Waals surface area (Å²) in [5.74, 6) is 2.10. The van der Waals surface area contributed by atoms with Crippen molar-refractivity contribution < 1.29 is 9.13 Å². The Balaban J connectivity index is 1.21. The number of rotatable bonds is 7. The highest BCUT2D eigenvalue weighted by Crippen LogP contribution is 2.47. The molecule has 0 saturated carbocycles. The van der Waals surface area contributed by atoms with Crippen molar-refractivity contribution >= 4 is 44.6 Å². The fraction of sp³-hybridized carbons (Fsp3) is 0.163. The first-order valence-corrected chi connectivity index (χ1v) is 19.0. The minimum Gasteiger partial charge on any atom is -0.457 e. The predicted octanol–water partition coefficient (Wildman–Crippen LogP) is 13.1. The number of ether oxygens (including phenoxy) is 1. The van der Waals surface area contributed by atoms with Crippen molar-refractivity contribution in [3.63, 3.8) is 0 Å². The first-order chi connectivity index (χ1) is 26.7. The number of aryl methyl sites for hydroxylation is 1. The molecule has 9 rings (SSSR count). The van der Waals surface area contributed by atoms with Crippen LogP contribution >= 0.6 is 0 Å². The van der Waals surface area contributed by atoms with Gasteiger partial charge in [0.05, 0.1) is 22.4 Å². The van der Waals surface area contributed by atoms with Gasteiger partial charge < -0.3 is 14.5 Å². The third kappa shape index (κ3) is 5.80. The Morgan fingerprint density at radius 1 is 0.600 bits per heavy atom. The Morgan fingerprint density at radius 3 is 2.04 bits per heavy atom. The van der Waals surface area contributed by atoms with E-state index in [1.807, 2.05) is 18.3 Å². The number of para-hydroxylation sites is 3. The summed E-state index contributed by atoms with van der Waals surface area (Å²) in [6.45, 7) is 13.8. The van der Waals surface area contributed by atoms with Crippen molar-refractivity contribution in [1.82, 2.24) is 9.55 Å². The van der Waals surface area contributed by atoms with Crippen molar-refractivity contribution in [1.29, 1.82) is 0 Å². The Labute approximate surface area is 321 Å². The maximum Gasteiger partial charge on any atom is 0.137 e. The number of halogens is 1. The standard InChI is InChI=1S/C49H43FN4O/c1-7-35-21-22-51-48(23-35)54-44-16-9-8-15-42(44)43-20-19-40(28-47(43)54)55-41-25-36(49-33(5)31(3)30(2)32(4)34(49)6)24-39(27-41)53-29-52(38-14-12-13-37(50)26-38)45-17-10-11-18-46(45)53/h8-28H,7,29H2,1-6H3. The van der Waals surface area contributed by atoms with E-state index >= 15 is 0 Å². The molecule has 0 atom stereocenters. The molecule has 0 N–H and O–H groups in total. The Kier molecular flexibility index (Phi) is 8.42. The zero-order chi connectivity index (χ0) is 38.0. The molecule has 0 unspecified atom stereocenters. The first-order valence-electron chi connectivity index (χ1n) is 19.0. The lowest BCUT2D eigenvalue weighted by atomic mass is 9.86. The van der Waals surface area contributed by atoms with E-state index in [1.165, 1.54) is 50.4 Å². The van der Waals surface area contributed by atoms with Gasteiger partial charge in [-0.2, -0.15) is 0 Å². The molecule has 6 aromatic carbocycles. The zero-order valence-electron chi connectivity index (χ0n) is 32.1. The van der Waals surface area contributed by atoms with Gasteiger partial charge in [-0.3, -0.25) is 4.57 Å². The Morgan fingerprint density at radius 2 is 1.29 bits per heavy atom. The van der Waals surface area contributed by atoms with Gasteiger partial charge in [0, 0.05) is 40.5 Å². The average Bonchev–Trinajstić information content (AvgIpc) is 3.75. The Hall–Kier alpha value is -6.40. The second-order valence-electron chi connectivity index (χ2n) is 14.7. The molecular weight excluding hydrogens is 680 g/mol. The normalized spacial score (nSPS) is 12.6. The van der Waals surface area contributed by atoms with Crippen LogP contribution in [-0.4, -0.2) is 16.2 Å². The molecule has 0 fully saturated rings. The quantitative estimate of drug-likeness (QED) is 0.164. The largest absolute Gasteiger partial charge is 0.457 e. The van der Waals surface area contributed by atoms with Gasteiger partial charge in [-0.1, -0.05) is 43.3 Å². The molecule has 0 saturated heterocycles. The fourth-order valence-electron chi connectivity index (χ4n) is 8.37. The second-order valence-corrected chi connectivity index (χ2v) is 14.7. The number of benzene rings is 6.